The smallest absolute Gasteiger partial charge is 0.165 e. The van der Waals surface area contributed by atoms with Gasteiger partial charge in [-0.05, 0) is 58.2 Å². The third kappa shape index (κ3) is 4.93. The van der Waals surface area contributed by atoms with E-state index in [-0.39, 0.29) is 11.8 Å². The van der Waals surface area contributed by atoms with Gasteiger partial charge in [-0.25, -0.2) is 0 Å². The molecule has 0 bridgehead atoms. The van der Waals surface area contributed by atoms with E-state index in [0.717, 1.165) is 68.2 Å². The maximum atomic E-state index is 12.9. The molecule has 6 heteroatoms. The number of fused-ring (bicyclic) bond motifs is 1. The molecule has 0 radical (unpaired) electrons. The maximum absolute atomic E-state index is 12.9. The second kappa shape index (κ2) is 9.16. The van der Waals surface area contributed by atoms with Gasteiger partial charge < -0.3 is 14.7 Å². The fourth-order valence-electron chi connectivity index (χ4n) is 4.78. The van der Waals surface area contributed by atoms with Crippen LogP contribution in [-0.2, 0) is 4.74 Å². The molecular weight excluding hydrogens is 378 g/mol. The molecule has 0 atom stereocenters. The SMILES string of the molecule is CC(C)n1cc2cccc(C(=O)CCC3CCN(CC4(O)CCOCC4)CC3)c2n1. The molecule has 2 aliphatic rings. The van der Waals surface area contributed by atoms with Crippen LogP contribution in [0.25, 0.3) is 10.9 Å². The Morgan fingerprint density at radius 1 is 1.27 bits per heavy atom. The van der Waals surface area contributed by atoms with Crippen LogP contribution in [0.4, 0.5) is 0 Å². The monoisotopic (exact) mass is 413 g/mol. The highest BCUT2D eigenvalue weighted by Gasteiger charge is 2.33. The summed E-state index contributed by atoms with van der Waals surface area (Å²) in [7, 11) is 0. The number of carbonyl (C=O) groups is 1. The van der Waals surface area contributed by atoms with E-state index in [2.05, 4.69) is 23.8 Å². The largest absolute Gasteiger partial charge is 0.388 e. The van der Waals surface area contributed by atoms with Crippen molar-refractivity contribution in [3.05, 3.63) is 30.0 Å². The molecular formula is C24H35N3O3. The summed E-state index contributed by atoms with van der Waals surface area (Å²) < 4.78 is 7.32. The van der Waals surface area contributed by atoms with Gasteiger partial charge >= 0.3 is 0 Å². The summed E-state index contributed by atoms with van der Waals surface area (Å²) in [5.74, 6) is 0.788. The third-order valence-corrected chi connectivity index (χ3v) is 6.81. The van der Waals surface area contributed by atoms with E-state index in [1.54, 1.807) is 0 Å². The van der Waals surface area contributed by atoms with Gasteiger partial charge in [0.1, 0.15) is 5.52 Å². The molecule has 2 aromatic rings. The van der Waals surface area contributed by atoms with Gasteiger partial charge in [-0.1, -0.05) is 12.1 Å². The molecule has 6 nitrogen and oxygen atoms in total. The number of ketones is 1. The van der Waals surface area contributed by atoms with Gasteiger partial charge in [0.2, 0.25) is 0 Å². The van der Waals surface area contributed by atoms with Crippen LogP contribution in [-0.4, -0.2) is 64.0 Å². The summed E-state index contributed by atoms with van der Waals surface area (Å²) in [5.41, 5.74) is 1.00. The Balaban J connectivity index is 1.28. The lowest BCUT2D eigenvalue weighted by atomic mass is 9.88. The van der Waals surface area contributed by atoms with E-state index in [1.165, 1.54) is 0 Å². The first-order valence-corrected chi connectivity index (χ1v) is 11.5. The van der Waals surface area contributed by atoms with Crippen LogP contribution >= 0.6 is 0 Å². The van der Waals surface area contributed by atoms with Crippen molar-refractivity contribution in [2.75, 3.05) is 32.8 Å². The van der Waals surface area contributed by atoms with E-state index in [0.29, 0.717) is 25.6 Å². The predicted molar refractivity (Wildman–Crippen MR) is 118 cm³/mol. The minimum absolute atomic E-state index is 0.202. The van der Waals surface area contributed by atoms with Gasteiger partial charge in [0.05, 0.1) is 5.60 Å². The lowest BCUT2D eigenvalue weighted by Crippen LogP contribution is -2.49. The number of Topliss-reactive ketones (excluding diaryl/α,β-unsaturated/α-hetero) is 1. The molecule has 1 N–H and O–H groups in total. The van der Waals surface area contributed by atoms with Gasteiger partial charge in [0.15, 0.2) is 5.78 Å². The lowest BCUT2D eigenvalue weighted by Gasteiger charge is -2.39. The summed E-state index contributed by atoms with van der Waals surface area (Å²) in [5, 5.41) is 16.4. The number of hydrogen-bond acceptors (Lipinski definition) is 5. The van der Waals surface area contributed by atoms with Gasteiger partial charge in [-0.3, -0.25) is 9.48 Å². The van der Waals surface area contributed by atoms with Crippen LogP contribution in [0.3, 0.4) is 0 Å². The normalized spacial score (nSPS) is 20.8. The summed E-state index contributed by atoms with van der Waals surface area (Å²) in [6.45, 7) is 8.30. The van der Waals surface area contributed by atoms with Crippen molar-refractivity contribution >= 4 is 16.7 Å². The minimum atomic E-state index is -0.584. The highest BCUT2D eigenvalue weighted by atomic mass is 16.5. The third-order valence-electron chi connectivity index (χ3n) is 6.81. The Bertz CT molecular complexity index is 862. The predicted octanol–water partition coefficient (Wildman–Crippen LogP) is 3.83. The van der Waals surface area contributed by atoms with Crippen LogP contribution in [0.2, 0.25) is 0 Å². The Morgan fingerprint density at radius 2 is 2.00 bits per heavy atom. The topological polar surface area (TPSA) is 67.6 Å². The highest BCUT2D eigenvalue weighted by molar-refractivity contribution is 6.06. The van der Waals surface area contributed by atoms with Gasteiger partial charge in [-0.2, -0.15) is 5.10 Å². The highest BCUT2D eigenvalue weighted by Crippen LogP contribution is 2.28. The summed E-state index contributed by atoms with van der Waals surface area (Å²) in [6, 6.07) is 6.19. The molecule has 1 aromatic heterocycles. The van der Waals surface area contributed by atoms with E-state index in [1.807, 2.05) is 29.1 Å². The first-order chi connectivity index (χ1) is 14.4. The van der Waals surface area contributed by atoms with Crippen molar-refractivity contribution in [3.63, 3.8) is 0 Å². The van der Waals surface area contributed by atoms with Crippen LogP contribution < -0.4 is 0 Å². The second-order valence-corrected chi connectivity index (χ2v) is 9.46. The summed E-state index contributed by atoms with van der Waals surface area (Å²) in [4.78, 5) is 15.3. The van der Waals surface area contributed by atoms with Gasteiger partial charge in [0.25, 0.3) is 0 Å². The average molecular weight is 414 g/mol. The molecule has 2 saturated heterocycles. The summed E-state index contributed by atoms with van der Waals surface area (Å²) in [6.07, 6.45) is 7.22. The number of carbonyl (C=O) groups excluding carboxylic acids is 1. The number of aliphatic hydroxyl groups is 1. The molecule has 0 saturated carbocycles. The molecule has 0 unspecified atom stereocenters. The minimum Gasteiger partial charge on any atom is -0.388 e. The molecule has 4 rings (SSSR count). The molecule has 0 aliphatic carbocycles. The molecule has 0 amide bonds. The first-order valence-electron chi connectivity index (χ1n) is 11.5. The van der Waals surface area contributed by atoms with Gasteiger partial charge in [-0.15, -0.1) is 0 Å². The van der Waals surface area contributed by atoms with Crippen molar-refractivity contribution in [1.29, 1.82) is 0 Å². The quantitative estimate of drug-likeness (QED) is 0.699. The molecule has 30 heavy (non-hydrogen) atoms. The van der Waals surface area contributed by atoms with Crippen LogP contribution in [0.1, 0.15) is 68.8 Å². The number of piperidine rings is 1. The van der Waals surface area contributed by atoms with E-state index < -0.39 is 5.60 Å². The van der Waals surface area contributed by atoms with Crippen molar-refractivity contribution in [2.24, 2.45) is 5.92 Å². The van der Waals surface area contributed by atoms with E-state index in [9.17, 15) is 9.90 Å². The molecule has 0 spiro atoms. The van der Waals surface area contributed by atoms with Crippen molar-refractivity contribution in [3.8, 4) is 0 Å². The van der Waals surface area contributed by atoms with Crippen LogP contribution in [0.5, 0.6) is 0 Å². The number of rotatable bonds is 7. The summed E-state index contributed by atoms with van der Waals surface area (Å²) >= 11 is 0. The van der Waals surface area contributed by atoms with E-state index >= 15 is 0 Å². The van der Waals surface area contributed by atoms with Gasteiger partial charge in [0, 0.05) is 62.2 Å². The fraction of sp³-hybridized carbons (Fsp3) is 0.667. The Labute approximate surface area is 179 Å². The Kier molecular flexibility index (Phi) is 6.56. The molecule has 2 fully saturated rings. The number of nitrogens with zero attached hydrogens (tertiary/aromatic N) is 3. The maximum Gasteiger partial charge on any atom is 0.165 e. The zero-order valence-electron chi connectivity index (χ0n) is 18.3. The second-order valence-electron chi connectivity index (χ2n) is 9.46. The molecule has 3 heterocycles. The van der Waals surface area contributed by atoms with Crippen molar-refractivity contribution in [2.45, 2.75) is 64.0 Å². The number of ether oxygens (including phenoxy) is 1. The van der Waals surface area contributed by atoms with Crippen LogP contribution in [0, 0.1) is 5.92 Å². The fourth-order valence-corrected chi connectivity index (χ4v) is 4.78. The number of hydrogen-bond donors (Lipinski definition) is 1. The standard InChI is InChI=1S/C24H35N3O3/c1-18(2)27-16-20-4-3-5-21(23(20)25-27)22(28)7-6-19-8-12-26(13-9-19)17-24(29)10-14-30-15-11-24/h3-5,16,18-19,29H,6-15,17H2,1-2H3. The average Bonchev–Trinajstić information content (AvgIpc) is 3.18. The van der Waals surface area contributed by atoms with Crippen molar-refractivity contribution in [1.82, 2.24) is 14.7 Å². The molecule has 164 valence electrons. The van der Waals surface area contributed by atoms with E-state index in [4.69, 9.17) is 4.74 Å². The number of benzene rings is 1. The van der Waals surface area contributed by atoms with Crippen molar-refractivity contribution < 1.29 is 14.6 Å². The first kappa shape index (κ1) is 21.5. The lowest BCUT2D eigenvalue weighted by molar-refractivity contribution is -0.0830. The zero-order valence-corrected chi connectivity index (χ0v) is 18.3. The Hall–Kier alpha value is -1.76. The number of likely N-dealkylation sites (tertiary alicyclic amines) is 1. The molecule has 2 aliphatic heterocycles. The Morgan fingerprint density at radius 3 is 2.70 bits per heavy atom. The van der Waals surface area contributed by atoms with Crippen LogP contribution in [0.15, 0.2) is 24.4 Å². The zero-order chi connectivity index (χ0) is 21.1. The number of aromatic nitrogens is 2. The molecule has 1 aromatic carbocycles. The number of β-amino-alcohol motifs (C(OH)–C–C–N with tert-alkyl or cyclic N) is 1.